The number of pyridine rings is 1. The second kappa shape index (κ2) is 5.85. The van der Waals surface area contributed by atoms with Crippen LogP contribution in [0.2, 0.25) is 0 Å². The van der Waals surface area contributed by atoms with Crippen molar-refractivity contribution in [2.24, 2.45) is 5.92 Å². The van der Waals surface area contributed by atoms with Crippen LogP contribution in [-0.2, 0) is 0 Å². The molecule has 1 aromatic rings. The van der Waals surface area contributed by atoms with Gasteiger partial charge in [-0.25, -0.2) is 4.98 Å². The van der Waals surface area contributed by atoms with Crippen molar-refractivity contribution in [1.29, 1.82) is 0 Å². The minimum Gasteiger partial charge on any atom is -0.367 e. The van der Waals surface area contributed by atoms with Gasteiger partial charge in [-0.3, -0.25) is 0 Å². The maximum absolute atomic E-state index is 4.58. The summed E-state index contributed by atoms with van der Waals surface area (Å²) in [6.45, 7) is 4.33. The number of nitrogens with one attached hydrogen (secondary N) is 1. The van der Waals surface area contributed by atoms with Crippen molar-refractivity contribution in [2.75, 3.05) is 5.32 Å². The zero-order chi connectivity index (χ0) is 12.3. The normalized spacial score (nSPS) is 24.6. The molecule has 94 valence electrons. The van der Waals surface area contributed by atoms with Crippen LogP contribution in [0.25, 0.3) is 0 Å². The Bertz CT molecular complexity index is 378. The standard InChI is InChI=1S/C14H21BrN2/c1-3-11-6-4-5-7-13(11)17-14-9-8-12(15)10(2)16-14/h8-9,11,13H,3-7H2,1-2H3,(H,16,17). The van der Waals surface area contributed by atoms with Gasteiger partial charge in [-0.05, 0) is 53.7 Å². The zero-order valence-corrected chi connectivity index (χ0v) is 12.3. The van der Waals surface area contributed by atoms with Crippen molar-refractivity contribution in [2.45, 2.75) is 52.0 Å². The van der Waals surface area contributed by atoms with Crippen LogP contribution < -0.4 is 5.32 Å². The fourth-order valence-corrected chi connectivity index (χ4v) is 2.92. The quantitative estimate of drug-likeness (QED) is 0.886. The molecule has 1 heterocycles. The summed E-state index contributed by atoms with van der Waals surface area (Å²) in [6.07, 6.45) is 6.67. The lowest BCUT2D eigenvalue weighted by atomic mass is 9.83. The molecule has 1 aromatic heterocycles. The first-order chi connectivity index (χ1) is 8.20. The van der Waals surface area contributed by atoms with Crippen LogP contribution in [0.4, 0.5) is 5.82 Å². The van der Waals surface area contributed by atoms with Gasteiger partial charge >= 0.3 is 0 Å². The summed E-state index contributed by atoms with van der Waals surface area (Å²) < 4.78 is 1.08. The highest BCUT2D eigenvalue weighted by Crippen LogP contribution is 2.29. The molecule has 1 N–H and O–H groups in total. The van der Waals surface area contributed by atoms with Gasteiger partial charge in [-0.2, -0.15) is 0 Å². The van der Waals surface area contributed by atoms with Crippen molar-refractivity contribution in [3.8, 4) is 0 Å². The molecular weight excluding hydrogens is 276 g/mol. The van der Waals surface area contributed by atoms with Crippen LogP contribution >= 0.6 is 15.9 Å². The molecule has 0 bridgehead atoms. The SMILES string of the molecule is CCC1CCCCC1Nc1ccc(Br)c(C)n1. The van der Waals surface area contributed by atoms with Gasteiger partial charge in [0.05, 0.1) is 5.69 Å². The van der Waals surface area contributed by atoms with E-state index in [9.17, 15) is 0 Å². The van der Waals surface area contributed by atoms with E-state index in [2.05, 4.69) is 45.3 Å². The minimum atomic E-state index is 0.613. The number of anilines is 1. The average Bonchev–Trinajstić information content (AvgIpc) is 2.34. The van der Waals surface area contributed by atoms with E-state index in [0.29, 0.717) is 6.04 Å². The molecular formula is C14H21BrN2. The molecule has 1 aliphatic carbocycles. The number of halogens is 1. The smallest absolute Gasteiger partial charge is 0.126 e. The number of aromatic nitrogens is 1. The Hall–Kier alpha value is -0.570. The second-order valence-corrected chi connectivity index (χ2v) is 5.82. The second-order valence-electron chi connectivity index (χ2n) is 4.97. The third kappa shape index (κ3) is 3.21. The first kappa shape index (κ1) is 12.9. The van der Waals surface area contributed by atoms with Crippen molar-refractivity contribution in [1.82, 2.24) is 4.98 Å². The highest BCUT2D eigenvalue weighted by atomic mass is 79.9. The van der Waals surface area contributed by atoms with Crippen LogP contribution in [-0.4, -0.2) is 11.0 Å². The van der Waals surface area contributed by atoms with E-state index < -0.39 is 0 Å². The maximum Gasteiger partial charge on any atom is 0.126 e. The van der Waals surface area contributed by atoms with E-state index in [1.807, 2.05) is 6.92 Å². The Morgan fingerprint density at radius 2 is 2.12 bits per heavy atom. The molecule has 1 aliphatic rings. The van der Waals surface area contributed by atoms with E-state index in [1.165, 1.54) is 32.1 Å². The number of hydrogen-bond donors (Lipinski definition) is 1. The molecule has 3 heteroatoms. The molecule has 2 atom stereocenters. The van der Waals surface area contributed by atoms with Gasteiger partial charge in [0.1, 0.15) is 5.82 Å². The van der Waals surface area contributed by atoms with Gasteiger partial charge in [0, 0.05) is 10.5 Å². The molecule has 1 saturated carbocycles. The Morgan fingerprint density at radius 3 is 2.82 bits per heavy atom. The van der Waals surface area contributed by atoms with Gasteiger partial charge in [-0.15, -0.1) is 0 Å². The molecule has 2 unspecified atom stereocenters. The van der Waals surface area contributed by atoms with Crippen LogP contribution in [0.15, 0.2) is 16.6 Å². The van der Waals surface area contributed by atoms with Crippen LogP contribution in [0.5, 0.6) is 0 Å². The van der Waals surface area contributed by atoms with Gasteiger partial charge in [-0.1, -0.05) is 26.2 Å². The topological polar surface area (TPSA) is 24.9 Å². The zero-order valence-electron chi connectivity index (χ0n) is 10.7. The molecule has 0 aliphatic heterocycles. The summed E-state index contributed by atoms with van der Waals surface area (Å²) in [5.41, 5.74) is 1.05. The predicted molar refractivity (Wildman–Crippen MR) is 76.3 cm³/mol. The van der Waals surface area contributed by atoms with Crippen LogP contribution in [0.3, 0.4) is 0 Å². The predicted octanol–water partition coefficient (Wildman–Crippen LogP) is 4.53. The van der Waals surface area contributed by atoms with Gasteiger partial charge in [0.25, 0.3) is 0 Å². The van der Waals surface area contributed by atoms with Crippen LogP contribution in [0, 0.1) is 12.8 Å². The number of nitrogens with zero attached hydrogens (tertiary/aromatic N) is 1. The number of aryl methyl sites for hydroxylation is 1. The van der Waals surface area contributed by atoms with Gasteiger partial charge in [0.15, 0.2) is 0 Å². The van der Waals surface area contributed by atoms with E-state index in [1.54, 1.807) is 0 Å². The Balaban J connectivity index is 2.05. The first-order valence-electron chi connectivity index (χ1n) is 6.60. The first-order valence-corrected chi connectivity index (χ1v) is 7.39. The molecule has 2 nitrogen and oxygen atoms in total. The largest absolute Gasteiger partial charge is 0.367 e. The number of hydrogen-bond acceptors (Lipinski definition) is 2. The average molecular weight is 297 g/mol. The highest BCUT2D eigenvalue weighted by Gasteiger charge is 2.23. The molecule has 0 aromatic carbocycles. The third-order valence-electron chi connectivity index (χ3n) is 3.79. The summed E-state index contributed by atoms with van der Waals surface area (Å²) in [4.78, 5) is 4.58. The monoisotopic (exact) mass is 296 g/mol. The molecule has 17 heavy (non-hydrogen) atoms. The molecule has 0 radical (unpaired) electrons. The van der Waals surface area contributed by atoms with Crippen molar-refractivity contribution in [3.05, 3.63) is 22.3 Å². The van der Waals surface area contributed by atoms with Gasteiger partial charge in [0.2, 0.25) is 0 Å². The van der Waals surface area contributed by atoms with Crippen LogP contribution in [0.1, 0.15) is 44.7 Å². The lowest BCUT2D eigenvalue weighted by Crippen LogP contribution is -2.32. The molecule has 1 fully saturated rings. The lowest BCUT2D eigenvalue weighted by Gasteiger charge is -2.32. The summed E-state index contributed by atoms with van der Waals surface area (Å²) in [5.74, 6) is 1.84. The lowest BCUT2D eigenvalue weighted by molar-refractivity contribution is 0.317. The van der Waals surface area contributed by atoms with E-state index in [0.717, 1.165) is 21.9 Å². The van der Waals surface area contributed by atoms with E-state index in [4.69, 9.17) is 0 Å². The Labute approximate surface area is 112 Å². The minimum absolute atomic E-state index is 0.613. The summed E-state index contributed by atoms with van der Waals surface area (Å²) >= 11 is 3.49. The van der Waals surface area contributed by atoms with E-state index >= 15 is 0 Å². The van der Waals surface area contributed by atoms with Crippen molar-refractivity contribution < 1.29 is 0 Å². The third-order valence-corrected chi connectivity index (χ3v) is 4.63. The highest BCUT2D eigenvalue weighted by molar-refractivity contribution is 9.10. The summed E-state index contributed by atoms with van der Waals surface area (Å²) in [5, 5.41) is 3.62. The fraction of sp³-hybridized carbons (Fsp3) is 0.643. The fourth-order valence-electron chi connectivity index (χ4n) is 2.70. The van der Waals surface area contributed by atoms with Crippen molar-refractivity contribution >= 4 is 21.7 Å². The Kier molecular flexibility index (Phi) is 4.43. The van der Waals surface area contributed by atoms with E-state index in [-0.39, 0.29) is 0 Å². The maximum atomic E-state index is 4.58. The summed E-state index contributed by atoms with van der Waals surface area (Å²) in [7, 11) is 0. The number of rotatable bonds is 3. The Morgan fingerprint density at radius 1 is 1.35 bits per heavy atom. The molecule has 0 amide bonds. The summed E-state index contributed by atoms with van der Waals surface area (Å²) in [6, 6.07) is 4.76. The molecule has 0 spiro atoms. The van der Waals surface area contributed by atoms with Gasteiger partial charge < -0.3 is 5.32 Å². The van der Waals surface area contributed by atoms with Crippen molar-refractivity contribution in [3.63, 3.8) is 0 Å². The molecule has 0 saturated heterocycles. The molecule has 2 rings (SSSR count).